The minimum Gasteiger partial charge on any atom is -0.322 e. The molecule has 3 fully saturated rings. The van der Waals surface area contributed by atoms with Gasteiger partial charge in [-0.25, -0.2) is 0 Å². The van der Waals surface area contributed by atoms with Crippen LogP contribution in [0.1, 0.15) is 59.3 Å². The van der Waals surface area contributed by atoms with Crippen LogP contribution in [0.15, 0.2) is 0 Å². The van der Waals surface area contributed by atoms with Crippen molar-refractivity contribution in [2.75, 3.05) is 0 Å². The summed E-state index contributed by atoms with van der Waals surface area (Å²) in [5, 5.41) is 3.63. The number of hydrogen-bond acceptors (Lipinski definition) is 2. The second-order valence-corrected chi connectivity index (χ2v) is 6.96. The largest absolute Gasteiger partial charge is 0.322 e. The molecule has 1 N–H and O–H groups in total. The molecule has 1 spiro atoms. The van der Waals surface area contributed by atoms with Crippen LogP contribution in [0.4, 0.5) is 0 Å². The Morgan fingerprint density at radius 2 is 1.94 bits per heavy atom. The van der Waals surface area contributed by atoms with E-state index < -0.39 is 0 Å². The zero-order valence-corrected chi connectivity index (χ0v) is 11.9. The third kappa shape index (κ3) is 1.78. The van der Waals surface area contributed by atoms with Crippen LogP contribution in [0, 0.1) is 11.8 Å². The van der Waals surface area contributed by atoms with Crippen molar-refractivity contribution in [1.29, 1.82) is 0 Å². The molecule has 3 aliphatic rings. The van der Waals surface area contributed by atoms with Crippen LogP contribution < -0.4 is 5.32 Å². The standard InChI is InChI=1S/C15H26N2O/c1-10(2)13-16-15(8-9-15)14(18)17(13)12-7-5-4-6-11(12)3/h10-13,16H,4-9H2,1-3H3. The van der Waals surface area contributed by atoms with E-state index in [-0.39, 0.29) is 11.7 Å². The van der Waals surface area contributed by atoms with Gasteiger partial charge in [-0.15, -0.1) is 0 Å². The van der Waals surface area contributed by atoms with Crippen LogP contribution >= 0.6 is 0 Å². The van der Waals surface area contributed by atoms with E-state index in [9.17, 15) is 4.79 Å². The molecular formula is C15H26N2O. The maximum absolute atomic E-state index is 12.7. The van der Waals surface area contributed by atoms with Crippen molar-refractivity contribution in [3.05, 3.63) is 0 Å². The summed E-state index contributed by atoms with van der Waals surface area (Å²) in [5.41, 5.74) is -0.147. The van der Waals surface area contributed by atoms with E-state index in [1.54, 1.807) is 0 Å². The summed E-state index contributed by atoms with van der Waals surface area (Å²) in [6.07, 6.45) is 7.48. The number of nitrogens with zero attached hydrogens (tertiary/aromatic N) is 1. The molecule has 0 aromatic heterocycles. The van der Waals surface area contributed by atoms with Crippen molar-refractivity contribution in [1.82, 2.24) is 10.2 Å². The van der Waals surface area contributed by atoms with E-state index in [0.717, 1.165) is 12.8 Å². The first-order valence-corrected chi connectivity index (χ1v) is 7.66. The number of carbonyl (C=O) groups is 1. The second-order valence-electron chi connectivity index (χ2n) is 6.96. The molecule has 3 heteroatoms. The SMILES string of the molecule is CC(C)C1NC2(CC2)C(=O)N1C1CCCCC1C. The van der Waals surface area contributed by atoms with Crippen molar-refractivity contribution < 1.29 is 4.79 Å². The van der Waals surface area contributed by atoms with Gasteiger partial charge in [0, 0.05) is 6.04 Å². The van der Waals surface area contributed by atoms with Gasteiger partial charge < -0.3 is 4.90 Å². The summed E-state index contributed by atoms with van der Waals surface area (Å²) < 4.78 is 0. The normalized spacial score (nSPS) is 38.8. The Labute approximate surface area is 110 Å². The Kier molecular flexibility index (Phi) is 2.92. The Balaban J connectivity index is 1.85. The molecule has 2 aliphatic carbocycles. The Morgan fingerprint density at radius 3 is 2.50 bits per heavy atom. The van der Waals surface area contributed by atoms with Gasteiger partial charge in [-0.05, 0) is 37.5 Å². The van der Waals surface area contributed by atoms with Crippen LogP contribution in [0.3, 0.4) is 0 Å². The molecule has 0 radical (unpaired) electrons. The molecule has 3 rings (SSSR count). The van der Waals surface area contributed by atoms with Crippen molar-refractivity contribution in [2.24, 2.45) is 11.8 Å². The average molecular weight is 250 g/mol. The highest BCUT2D eigenvalue weighted by Gasteiger charge is 2.61. The predicted molar refractivity (Wildman–Crippen MR) is 72.0 cm³/mol. The molecule has 3 unspecified atom stereocenters. The Bertz CT molecular complexity index is 348. The Morgan fingerprint density at radius 1 is 1.28 bits per heavy atom. The lowest BCUT2D eigenvalue weighted by Crippen LogP contribution is -2.50. The van der Waals surface area contributed by atoms with E-state index in [1.165, 1.54) is 25.7 Å². The van der Waals surface area contributed by atoms with Gasteiger partial charge in [-0.1, -0.05) is 33.6 Å². The molecule has 3 atom stereocenters. The first kappa shape index (κ1) is 12.5. The first-order valence-electron chi connectivity index (χ1n) is 7.66. The summed E-state index contributed by atoms with van der Waals surface area (Å²) in [7, 11) is 0. The topological polar surface area (TPSA) is 32.3 Å². The second kappa shape index (κ2) is 4.22. The van der Waals surface area contributed by atoms with E-state index in [0.29, 0.717) is 23.8 Å². The predicted octanol–water partition coefficient (Wildman–Crippen LogP) is 2.51. The minimum atomic E-state index is -0.147. The van der Waals surface area contributed by atoms with Gasteiger partial charge in [-0.2, -0.15) is 0 Å². The van der Waals surface area contributed by atoms with Crippen molar-refractivity contribution in [3.63, 3.8) is 0 Å². The quantitative estimate of drug-likeness (QED) is 0.816. The molecule has 0 aromatic rings. The molecule has 18 heavy (non-hydrogen) atoms. The highest BCUT2D eigenvalue weighted by Crippen LogP contribution is 2.45. The number of rotatable bonds is 2. The van der Waals surface area contributed by atoms with Gasteiger partial charge in [0.1, 0.15) is 0 Å². The van der Waals surface area contributed by atoms with Crippen molar-refractivity contribution >= 4 is 5.91 Å². The molecule has 1 aliphatic heterocycles. The number of hydrogen-bond donors (Lipinski definition) is 1. The summed E-state index contributed by atoms with van der Waals surface area (Å²) >= 11 is 0. The van der Waals surface area contributed by atoms with Crippen LogP contribution in [-0.2, 0) is 4.79 Å². The summed E-state index contributed by atoms with van der Waals surface area (Å²) in [5.74, 6) is 1.57. The molecule has 1 saturated heterocycles. The molecule has 102 valence electrons. The van der Waals surface area contributed by atoms with Gasteiger partial charge in [-0.3, -0.25) is 10.1 Å². The Hall–Kier alpha value is -0.570. The minimum absolute atomic E-state index is 0.147. The van der Waals surface area contributed by atoms with Crippen LogP contribution in [0.5, 0.6) is 0 Å². The third-order valence-electron chi connectivity index (χ3n) is 5.17. The van der Waals surface area contributed by atoms with E-state index in [4.69, 9.17) is 0 Å². The fourth-order valence-electron chi connectivity index (χ4n) is 3.83. The van der Waals surface area contributed by atoms with E-state index in [2.05, 4.69) is 31.0 Å². The smallest absolute Gasteiger partial charge is 0.244 e. The van der Waals surface area contributed by atoms with Gasteiger partial charge in [0.15, 0.2) is 0 Å². The highest BCUT2D eigenvalue weighted by molar-refractivity contribution is 5.92. The molecule has 1 heterocycles. The maximum atomic E-state index is 12.7. The monoisotopic (exact) mass is 250 g/mol. The summed E-state index contributed by atoms with van der Waals surface area (Å²) in [6, 6.07) is 0.478. The highest BCUT2D eigenvalue weighted by atomic mass is 16.2. The summed E-state index contributed by atoms with van der Waals surface area (Å²) in [6.45, 7) is 6.78. The van der Waals surface area contributed by atoms with Gasteiger partial charge >= 0.3 is 0 Å². The maximum Gasteiger partial charge on any atom is 0.244 e. The fraction of sp³-hybridized carbons (Fsp3) is 0.933. The zero-order valence-electron chi connectivity index (χ0n) is 11.9. The van der Waals surface area contributed by atoms with Crippen LogP contribution in [-0.4, -0.2) is 28.6 Å². The lowest BCUT2D eigenvalue weighted by Gasteiger charge is -2.40. The molecule has 3 nitrogen and oxygen atoms in total. The fourth-order valence-corrected chi connectivity index (χ4v) is 3.83. The van der Waals surface area contributed by atoms with Crippen LogP contribution in [0.2, 0.25) is 0 Å². The molecular weight excluding hydrogens is 224 g/mol. The molecule has 1 amide bonds. The average Bonchev–Trinajstić information content (AvgIpc) is 3.04. The van der Waals surface area contributed by atoms with E-state index >= 15 is 0 Å². The number of nitrogens with one attached hydrogen (secondary N) is 1. The number of carbonyl (C=O) groups excluding carboxylic acids is 1. The molecule has 0 bridgehead atoms. The molecule has 0 aromatic carbocycles. The van der Waals surface area contributed by atoms with Crippen molar-refractivity contribution in [3.8, 4) is 0 Å². The van der Waals surface area contributed by atoms with Gasteiger partial charge in [0.2, 0.25) is 5.91 Å². The zero-order chi connectivity index (χ0) is 12.9. The summed E-state index contributed by atoms with van der Waals surface area (Å²) in [4.78, 5) is 15.0. The lowest BCUT2D eigenvalue weighted by molar-refractivity contribution is -0.135. The van der Waals surface area contributed by atoms with Gasteiger partial charge in [0.05, 0.1) is 11.7 Å². The molecule has 2 saturated carbocycles. The third-order valence-corrected chi connectivity index (χ3v) is 5.17. The lowest BCUT2D eigenvalue weighted by atomic mass is 9.84. The van der Waals surface area contributed by atoms with Crippen LogP contribution in [0.25, 0.3) is 0 Å². The van der Waals surface area contributed by atoms with E-state index in [1.807, 2.05) is 0 Å². The first-order chi connectivity index (χ1) is 8.55. The number of amides is 1. The van der Waals surface area contributed by atoms with Crippen molar-refractivity contribution in [2.45, 2.75) is 77.0 Å². The van der Waals surface area contributed by atoms with Gasteiger partial charge in [0.25, 0.3) is 0 Å².